The quantitative estimate of drug-likeness (QED) is 0.626. The van der Waals surface area contributed by atoms with Gasteiger partial charge in [0.15, 0.2) is 0 Å². The second-order valence-electron chi connectivity index (χ2n) is 4.54. The second-order valence-corrected chi connectivity index (χ2v) is 7.04. The molecule has 3 heteroatoms. The Bertz CT molecular complexity index is 158. The predicted octanol–water partition coefficient (Wildman–Crippen LogP) is 3.92. The van der Waals surface area contributed by atoms with E-state index < -0.39 is 0 Å². The molecule has 0 N–H and O–H groups in total. The first-order chi connectivity index (χ1) is 7.78. The van der Waals surface area contributed by atoms with Crippen molar-refractivity contribution in [3.8, 4) is 0 Å². The highest BCUT2D eigenvalue weighted by Crippen LogP contribution is 2.53. The highest BCUT2D eigenvalue weighted by atomic mass is 31.1. The molecule has 0 aliphatic heterocycles. The first-order valence-electron chi connectivity index (χ1n) is 7.07. The van der Waals surface area contributed by atoms with Crippen molar-refractivity contribution >= 4 is 8.22 Å². The Balaban J connectivity index is 2.73. The Kier molecular flexibility index (Phi) is 6.87. The van der Waals surface area contributed by atoms with Crippen LogP contribution in [0.15, 0.2) is 0 Å². The van der Waals surface area contributed by atoms with Gasteiger partial charge in [0.25, 0.3) is 0 Å². The van der Waals surface area contributed by atoms with Crippen molar-refractivity contribution in [2.75, 3.05) is 26.2 Å². The lowest BCUT2D eigenvalue weighted by Gasteiger charge is -2.41. The van der Waals surface area contributed by atoms with E-state index in [1.54, 1.807) is 0 Å². The molecule has 0 saturated heterocycles. The van der Waals surface area contributed by atoms with Crippen LogP contribution in [0.5, 0.6) is 0 Å². The van der Waals surface area contributed by atoms with Crippen LogP contribution in [0.1, 0.15) is 53.4 Å². The molecule has 0 bridgehead atoms. The SMILES string of the molecule is CCN(CC)P(C1CCCC1)N(CC)CC. The predicted molar refractivity (Wildman–Crippen MR) is 75.0 cm³/mol. The van der Waals surface area contributed by atoms with Gasteiger partial charge in [-0.05, 0) is 12.8 Å². The summed E-state index contributed by atoms with van der Waals surface area (Å²) < 4.78 is 5.44. The summed E-state index contributed by atoms with van der Waals surface area (Å²) in [6.07, 6.45) is 5.87. The topological polar surface area (TPSA) is 6.48 Å². The summed E-state index contributed by atoms with van der Waals surface area (Å²) in [7, 11) is -0.0224. The van der Waals surface area contributed by atoms with Gasteiger partial charge in [-0.2, -0.15) is 0 Å². The molecular formula is C13H29N2P. The third-order valence-electron chi connectivity index (χ3n) is 3.69. The van der Waals surface area contributed by atoms with Gasteiger partial charge in [-0.25, -0.2) is 0 Å². The lowest BCUT2D eigenvalue weighted by atomic mass is 10.4. The van der Waals surface area contributed by atoms with Crippen LogP contribution in [0.3, 0.4) is 0 Å². The van der Waals surface area contributed by atoms with E-state index in [1.165, 1.54) is 51.9 Å². The zero-order valence-corrected chi connectivity index (χ0v) is 12.5. The maximum atomic E-state index is 2.72. The number of hydrogen-bond acceptors (Lipinski definition) is 2. The highest BCUT2D eigenvalue weighted by Gasteiger charge is 2.32. The smallest absolute Gasteiger partial charge is 0.0426 e. The van der Waals surface area contributed by atoms with Crippen LogP contribution < -0.4 is 0 Å². The van der Waals surface area contributed by atoms with Gasteiger partial charge >= 0.3 is 0 Å². The lowest BCUT2D eigenvalue weighted by Crippen LogP contribution is -2.33. The Morgan fingerprint density at radius 3 is 1.50 bits per heavy atom. The Morgan fingerprint density at radius 1 is 0.812 bits per heavy atom. The van der Waals surface area contributed by atoms with Gasteiger partial charge in [0.1, 0.15) is 0 Å². The molecule has 1 saturated carbocycles. The van der Waals surface area contributed by atoms with E-state index in [4.69, 9.17) is 0 Å². The minimum absolute atomic E-state index is 0.0224. The van der Waals surface area contributed by atoms with Gasteiger partial charge in [-0.15, -0.1) is 0 Å². The van der Waals surface area contributed by atoms with E-state index in [2.05, 4.69) is 37.0 Å². The van der Waals surface area contributed by atoms with E-state index in [9.17, 15) is 0 Å². The summed E-state index contributed by atoms with van der Waals surface area (Å²) in [5.41, 5.74) is 0.981. The molecule has 16 heavy (non-hydrogen) atoms. The third-order valence-corrected chi connectivity index (χ3v) is 7.15. The maximum absolute atomic E-state index is 2.72. The van der Waals surface area contributed by atoms with Crippen LogP contribution in [0.2, 0.25) is 0 Å². The standard InChI is InChI=1S/C13H29N2P/c1-5-14(6-2)16(15(7-3)8-4)13-11-9-10-12-13/h13H,5-12H2,1-4H3. The second kappa shape index (κ2) is 7.63. The molecule has 0 unspecified atom stereocenters. The van der Waals surface area contributed by atoms with E-state index in [1.807, 2.05) is 0 Å². The number of hydrogen-bond donors (Lipinski definition) is 0. The van der Waals surface area contributed by atoms with Crippen molar-refractivity contribution in [1.29, 1.82) is 0 Å². The fraction of sp³-hybridized carbons (Fsp3) is 1.00. The molecule has 0 atom stereocenters. The summed E-state index contributed by atoms with van der Waals surface area (Å²) in [6.45, 7) is 14.1. The van der Waals surface area contributed by atoms with E-state index in [0.29, 0.717) is 0 Å². The van der Waals surface area contributed by atoms with E-state index in [0.717, 1.165) is 5.66 Å². The largest absolute Gasteiger partial charge is 0.270 e. The summed E-state index contributed by atoms with van der Waals surface area (Å²) in [6, 6.07) is 0. The van der Waals surface area contributed by atoms with Gasteiger partial charge in [-0.1, -0.05) is 40.5 Å². The van der Waals surface area contributed by atoms with Crippen molar-refractivity contribution in [3.05, 3.63) is 0 Å². The molecule has 0 aromatic rings. The lowest BCUT2D eigenvalue weighted by molar-refractivity contribution is 0.413. The summed E-state index contributed by atoms with van der Waals surface area (Å²) >= 11 is 0. The molecule has 0 aromatic carbocycles. The van der Waals surface area contributed by atoms with Crippen molar-refractivity contribution in [1.82, 2.24) is 9.34 Å². The average Bonchev–Trinajstić information content (AvgIpc) is 2.83. The minimum Gasteiger partial charge on any atom is -0.270 e. The van der Waals surface area contributed by atoms with Crippen LogP contribution in [0.25, 0.3) is 0 Å². The molecule has 0 heterocycles. The summed E-state index contributed by atoms with van der Waals surface area (Å²) in [4.78, 5) is 0. The summed E-state index contributed by atoms with van der Waals surface area (Å²) in [5, 5.41) is 0. The van der Waals surface area contributed by atoms with Gasteiger partial charge in [-0.3, -0.25) is 9.34 Å². The molecular weight excluding hydrogens is 215 g/mol. The maximum Gasteiger partial charge on any atom is 0.0426 e. The Hall–Kier alpha value is 0.350. The van der Waals surface area contributed by atoms with Gasteiger partial charge in [0.05, 0.1) is 0 Å². The number of nitrogens with zero attached hydrogens (tertiary/aromatic N) is 2. The molecule has 96 valence electrons. The van der Waals surface area contributed by atoms with Gasteiger partial charge in [0, 0.05) is 40.1 Å². The zero-order valence-electron chi connectivity index (χ0n) is 11.6. The van der Waals surface area contributed by atoms with Crippen LogP contribution in [0.4, 0.5) is 0 Å². The molecule has 2 nitrogen and oxygen atoms in total. The number of rotatable bonds is 7. The van der Waals surface area contributed by atoms with Crippen LogP contribution in [-0.4, -0.2) is 41.2 Å². The first kappa shape index (κ1) is 14.4. The van der Waals surface area contributed by atoms with Crippen molar-refractivity contribution < 1.29 is 0 Å². The molecule has 0 spiro atoms. The molecule has 0 aromatic heterocycles. The molecule has 1 aliphatic rings. The molecule has 0 amide bonds. The van der Waals surface area contributed by atoms with E-state index in [-0.39, 0.29) is 8.22 Å². The average molecular weight is 244 g/mol. The van der Waals surface area contributed by atoms with Crippen molar-refractivity contribution in [2.45, 2.75) is 59.0 Å². The summed E-state index contributed by atoms with van der Waals surface area (Å²) in [5.74, 6) is 0. The first-order valence-corrected chi connectivity index (χ1v) is 8.38. The molecule has 1 rings (SSSR count). The Labute approximate surface area is 103 Å². The fourth-order valence-electron chi connectivity index (χ4n) is 2.80. The third kappa shape index (κ3) is 3.42. The van der Waals surface area contributed by atoms with Crippen LogP contribution >= 0.6 is 8.22 Å². The van der Waals surface area contributed by atoms with Gasteiger partial charge in [0.2, 0.25) is 0 Å². The fourth-order valence-corrected chi connectivity index (χ4v) is 6.07. The van der Waals surface area contributed by atoms with Crippen molar-refractivity contribution in [2.24, 2.45) is 0 Å². The molecule has 1 fully saturated rings. The van der Waals surface area contributed by atoms with E-state index >= 15 is 0 Å². The molecule has 1 aliphatic carbocycles. The van der Waals surface area contributed by atoms with Gasteiger partial charge < -0.3 is 0 Å². The highest BCUT2D eigenvalue weighted by molar-refractivity contribution is 7.53. The Morgan fingerprint density at radius 2 is 1.19 bits per heavy atom. The van der Waals surface area contributed by atoms with Crippen LogP contribution in [-0.2, 0) is 0 Å². The zero-order chi connectivity index (χ0) is 12.0. The van der Waals surface area contributed by atoms with Crippen LogP contribution in [0, 0.1) is 0 Å². The minimum atomic E-state index is -0.0224. The molecule has 0 radical (unpaired) electrons. The normalized spacial score (nSPS) is 18.2. The monoisotopic (exact) mass is 244 g/mol. The van der Waals surface area contributed by atoms with Crippen molar-refractivity contribution in [3.63, 3.8) is 0 Å².